The summed E-state index contributed by atoms with van der Waals surface area (Å²) in [4.78, 5) is 24.7. The zero-order valence-corrected chi connectivity index (χ0v) is 16.7. The number of para-hydroxylation sites is 1. The van der Waals surface area contributed by atoms with Crippen LogP contribution >= 0.6 is 0 Å². The van der Waals surface area contributed by atoms with Gasteiger partial charge in [-0.15, -0.1) is 0 Å². The number of ether oxygens (including phenoxy) is 3. The number of nitrogens with zero attached hydrogens (tertiary/aromatic N) is 1. The summed E-state index contributed by atoms with van der Waals surface area (Å²) in [6.07, 6.45) is 0. The van der Waals surface area contributed by atoms with Crippen molar-refractivity contribution in [1.29, 1.82) is 0 Å². The molecule has 0 radical (unpaired) electrons. The van der Waals surface area contributed by atoms with Crippen LogP contribution in [0.3, 0.4) is 0 Å². The van der Waals surface area contributed by atoms with Gasteiger partial charge in [0.05, 0.1) is 27.2 Å². The highest BCUT2D eigenvalue weighted by molar-refractivity contribution is 5.83. The number of nitro groups is 1. The molecule has 8 heteroatoms. The molecular weight excluding hydrogens is 376 g/mol. The smallest absolute Gasteiger partial charge is 0.326 e. The normalized spacial score (nSPS) is 26.0. The minimum atomic E-state index is -1.31. The molecule has 1 saturated heterocycles. The highest BCUT2D eigenvalue weighted by atomic mass is 16.6. The van der Waals surface area contributed by atoms with Crippen LogP contribution in [-0.2, 0) is 9.53 Å². The second-order valence-electron chi connectivity index (χ2n) is 7.08. The molecule has 1 aliphatic rings. The number of hydrogen-bond acceptors (Lipinski definition) is 7. The van der Waals surface area contributed by atoms with E-state index in [-0.39, 0.29) is 4.92 Å². The first kappa shape index (κ1) is 20.6. The molecule has 3 rings (SSSR count). The molecule has 4 unspecified atom stereocenters. The van der Waals surface area contributed by atoms with E-state index < -0.39 is 29.5 Å². The zero-order chi connectivity index (χ0) is 21.2. The third-order valence-electron chi connectivity index (χ3n) is 5.56. The molecule has 29 heavy (non-hydrogen) atoms. The van der Waals surface area contributed by atoms with E-state index in [0.29, 0.717) is 22.6 Å². The van der Waals surface area contributed by atoms with Crippen molar-refractivity contribution in [3.63, 3.8) is 0 Å². The van der Waals surface area contributed by atoms with Gasteiger partial charge >= 0.3 is 5.97 Å². The third-order valence-corrected chi connectivity index (χ3v) is 5.56. The number of methoxy groups -OCH3 is 3. The lowest BCUT2D eigenvalue weighted by Crippen LogP contribution is -2.50. The number of carbonyl (C=O) groups is 1. The van der Waals surface area contributed by atoms with Gasteiger partial charge in [0.1, 0.15) is 23.1 Å². The van der Waals surface area contributed by atoms with Gasteiger partial charge in [0.2, 0.25) is 6.04 Å². The van der Waals surface area contributed by atoms with Gasteiger partial charge in [-0.1, -0.05) is 30.3 Å². The number of rotatable bonds is 6. The summed E-state index contributed by atoms with van der Waals surface area (Å²) in [5, 5.41) is 15.4. The highest BCUT2D eigenvalue weighted by Crippen LogP contribution is 2.48. The lowest BCUT2D eigenvalue weighted by molar-refractivity contribution is -0.527. The van der Waals surface area contributed by atoms with Gasteiger partial charge in [-0.25, -0.2) is 0 Å². The van der Waals surface area contributed by atoms with Gasteiger partial charge < -0.3 is 14.2 Å². The third kappa shape index (κ3) is 3.51. The summed E-state index contributed by atoms with van der Waals surface area (Å²) in [5.74, 6) is -0.203. The fourth-order valence-corrected chi connectivity index (χ4v) is 4.20. The van der Waals surface area contributed by atoms with E-state index in [9.17, 15) is 14.9 Å². The maximum Gasteiger partial charge on any atom is 0.326 e. The average molecular weight is 400 g/mol. The summed E-state index contributed by atoms with van der Waals surface area (Å²) in [5.41, 5.74) is -0.0554. The molecule has 0 bridgehead atoms. The number of esters is 1. The Morgan fingerprint density at radius 3 is 2.28 bits per heavy atom. The lowest BCUT2D eigenvalue weighted by Gasteiger charge is -2.28. The summed E-state index contributed by atoms with van der Waals surface area (Å²) < 4.78 is 15.6. The Kier molecular flexibility index (Phi) is 5.74. The maximum absolute atomic E-state index is 12.8. The maximum atomic E-state index is 12.8. The molecule has 2 aromatic rings. The van der Waals surface area contributed by atoms with Gasteiger partial charge in [-0.3, -0.25) is 20.2 Å². The second-order valence-corrected chi connectivity index (χ2v) is 7.08. The minimum Gasteiger partial charge on any atom is -0.497 e. The Bertz CT molecular complexity index is 900. The molecule has 2 aromatic carbocycles. The van der Waals surface area contributed by atoms with Crippen molar-refractivity contribution in [2.24, 2.45) is 0 Å². The van der Waals surface area contributed by atoms with Gasteiger partial charge in [-0.05, 0) is 30.7 Å². The monoisotopic (exact) mass is 400 g/mol. The number of carbonyl (C=O) groups excluding carboxylic acids is 1. The Balaban J connectivity index is 2.18. The van der Waals surface area contributed by atoms with Crippen LogP contribution in [0.1, 0.15) is 30.0 Å². The molecule has 0 aromatic heterocycles. The molecule has 0 saturated carbocycles. The van der Waals surface area contributed by atoms with Crippen molar-refractivity contribution in [2.45, 2.75) is 30.5 Å². The second kappa shape index (κ2) is 8.08. The van der Waals surface area contributed by atoms with Crippen LogP contribution in [0.2, 0.25) is 0 Å². The molecule has 0 aliphatic carbocycles. The summed E-state index contributed by atoms with van der Waals surface area (Å²) in [7, 11) is 4.33. The summed E-state index contributed by atoms with van der Waals surface area (Å²) in [6.45, 7) is 1.64. The Labute approximate surface area is 168 Å². The fourth-order valence-electron chi connectivity index (χ4n) is 4.20. The van der Waals surface area contributed by atoms with Crippen molar-refractivity contribution in [1.82, 2.24) is 5.32 Å². The molecule has 1 N–H and O–H groups in total. The Morgan fingerprint density at radius 2 is 1.72 bits per heavy atom. The molecule has 1 heterocycles. The summed E-state index contributed by atoms with van der Waals surface area (Å²) >= 11 is 0. The number of nitrogens with one attached hydrogen (secondary N) is 1. The molecule has 0 spiro atoms. The molecular formula is C21H24N2O6. The molecule has 0 amide bonds. The van der Waals surface area contributed by atoms with Crippen LogP contribution in [0.5, 0.6) is 11.5 Å². The van der Waals surface area contributed by atoms with E-state index in [0.717, 1.165) is 0 Å². The van der Waals surface area contributed by atoms with Crippen LogP contribution in [0.4, 0.5) is 0 Å². The topological polar surface area (TPSA) is 99.9 Å². The zero-order valence-electron chi connectivity index (χ0n) is 16.7. The van der Waals surface area contributed by atoms with Gasteiger partial charge in [0.15, 0.2) is 0 Å². The molecule has 4 atom stereocenters. The van der Waals surface area contributed by atoms with Crippen molar-refractivity contribution >= 4 is 5.97 Å². The highest BCUT2D eigenvalue weighted by Gasteiger charge is 2.62. The number of benzene rings is 2. The molecule has 1 aliphatic heterocycles. The quantitative estimate of drug-likeness (QED) is 0.452. The van der Waals surface area contributed by atoms with Crippen molar-refractivity contribution in [3.8, 4) is 11.5 Å². The standard InChI is InChI=1S/C21H24N2O6/c1-21(20(24)29-4)17(13-9-11-14(27-2)12-10-13)19(23(25)26)18(22-21)15-7-5-6-8-16(15)28-3/h5-12,17-19,22H,1-4H3. The molecule has 1 fully saturated rings. The van der Waals surface area contributed by atoms with Crippen LogP contribution in [0.25, 0.3) is 0 Å². The Hall–Kier alpha value is -3.13. The SMILES string of the molecule is COC(=O)C1(C)NC(c2ccccc2OC)C([N+](=O)[O-])C1c1ccc(OC)cc1. The van der Waals surface area contributed by atoms with E-state index in [1.165, 1.54) is 14.2 Å². The van der Waals surface area contributed by atoms with E-state index in [1.807, 2.05) is 0 Å². The van der Waals surface area contributed by atoms with E-state index >= 15 is 0 Å². The lowest BCUT2D eigenvalue weighted by atomic mass is 9.78. The minimum absolute atomic E-state index is 0.340. The number of hydrogen-bond donors (Lipinski definition) is 1. The van der Waals surface area contributed by atoms with E-state index in [4.69, 9.17) is 14.2 Å². The summed E-state index contributed by atoms with van der Waals surface area (Å²) in [6, 6.07) is 12.1. The van der Waals surface area contributed by atoms with Gasteiger partial charge in [-0.2, -0.15) is 0 Å². The Morgan fingerprint density at radius 1 is 1.07 bits per heavy atom. The van der Waals surface area contributed by atoms with Crippen LogP contribution < -0.4 is 14.8 Å². The van der Waals surface area contributed by atoms with Gasteiger partial charge in [0.25, 0.3) is 0 Å². The van der Waals surface area contributed by atoms with Crippen LogP contribution in [-0.4, -0.2) is 43.8 Å². The van der Waals surface area contributed by atoms with Crippen LogP contribution in [0, 0.1) is 10.1 Å². The van der Waals surface area contributed by atoms with Crippen LogP contribution in [0.15, 0.2) is 48.5 Å². The predicted octanol–water partition coefficient (Wildman–Crippen LogP) is 2.71. The molecule has 8 nitrogen and oxygen atoms in total. The van der Waals surface area contributed by atoms with Crippen molar-refractivity contribution in [2.75, 3.05) is 21.3 Å². The first-order chi connectivity index (χ1) is 13.9. The fraction of sp³-hybridized carbons (Fsp3) is 0.381. The van der Waals surface area contributed by atoms with Crippen molar-refractivity contribution in [3.05, 3.63) is 69.8 Å². The predicted molar refractivity (Wildman–Crippen MR) is 106 cm³/mol. The van der Waals surface area contributed by atoms with Crippen molar-refractivity contribution < 1.29 is 23.9 Å². The van der Waals surface area contributed by atoms with Gasteiger partial charge in [0, 0.05) is 10.5 Å². The average Bonchev–Trinajstić information content (AvgIpc) is 3.07. The van der Waals surface area contributed by atoms with E-state index in [1.54, 1.807) is 62.6 Å². The largest absolute Gasteiger partial charge is 0.497 e. The first-order valence-corrected chi connectivity index (χ1v) is 9.13. The van der Waals surface area contributed by atoms with E-state index in [2.05, 4.69) is 5.32 Å². The molecule has 154 valence electrons. The first-order valence-electron chi connectivity index (χ1n) is 9.13.